The molecule has 1 N–H and O–H groups in total. The first-order valence-corrected chi connectivity index (χ1v) is 5.51. The van der Waals surface area contributed by atoms with E-state index in [1.165, 1.54) is 27.0 Å². The Bertz CT molecular complexity index is 529. The number of hydrogen-bond donors (Lipinski definition) is 1. The molecule has 1 aromatic heterocycles. The summed E-state index contributed by atoms with van der Waals surface area (Å²) < 4.78 is 14.4. The zero-order valence-corrected chi connectivity index (χ0v) is 10.7. The molecule has 0 aliphatic carbocycles. The summed E-state index contributed by atoms with van der Waals surface area (Å²) >= 11 is 0. The molecule has 2 unspecified atom stereocenters. The zero-order chi connectivity index (χ0) is 14.6. The van der Waals surface area contributed by atoms with Gasteiger partial charge in [-0.3, -0.25) is 4.79 Å². The number of hydrogen-bond acceptors (Lipinski definition) is 7. The molecule has 0 aromatic carbocycles. The van der Waals surface area contributed by atoms with Crippen LogP contribution < -0.4 is 10.2 Å². The number of rotatable bonds is 4. The molecule has 0 spiro atoms. The van der Waals surface area contributed by atoms with Crippen LogP contribution >= 0.6 is 0 Å². The highest BCUT2D eigenvalue weighted by molar-refractivity contribution is 5.82. The SMILES string of the molecule is Cc1occc(=O)c1OC(=O)C(C)OC(=O)C(C)O. The molecule has 0 radical (unpaired) electrons. The van der Waals surface area contributed by atoms with E-state index < -0.39 is 29.6 Å². The molecule has 7 heteroatoms. The van der Waals surface area contributed by atoms with Crippen molar-refractivity contribution < 1.29 is 28.6 Å². The van der Waals surface area contributed by atoms with Crippen molar-refractivity contribution in [1.82, 2.24) is 0 Å². The van der Waals surface area contributed by atoms with Crippen molar-refractivity contribution in [2.45, 2.75) is 33.0 Å². The van der Waals surface area contributed by atoms with Crippen LogP contribution in [0.15, 0.2) is 21.5 Å². The Balaban J connectivity index is 2.75. The van der Waals surface area contributed by atoms with Gasteiger partial charge in [-0.05, 0) is 20.8 Å². The standard InChI is InChI=1S/C12H14O7/c1-6(13)11(15)18-8(3)12(16)19-10-7(2)17-5-4-9(10)14/h4-6,8,13H,1-3H3. The number of esters is 2. The summed E-state index contributed by atoms with van der Waals surface area (Å²) in [7, 11) is 0. The number of aryl methyl sites for hydroxylation is 1. The molecule has 0 bridgehead atoms. The van der Waals surface area contributed by atoms with Gasteiger partial charge in [-0.1, -0.05) is 0 Å². The minimum Gasteiger partial charge on any atom is -0.465 e. The van der Waals surface area contributed by atoms with Gasteiger partial charge in [0.05, 0.1) is 6.26 Å². The molecule has 7 nitrogen and oxygen atoms in total. The minimum absolute atomic E-state index is 0.134. The normalized spacial score (nSPS) is 13.5. The first-order chi connectivity index (χ1) is 8.82. The third-order valence-electron chi connectivity index (χ3n) is 2.18. The van der Waals surface area contributed by atoms with Crippen molar-refractivity contribution in [3.63, 3.8) is 0 Å². The monoisotopic (exact) mass is 270 g/mol. The highest BCUT2D eigenvalue weighted by Crippen LogP contribution is 2.12. The predicted molar refractivity (Wildman–Crippen MR) is 62.6 cm³/mol. The Morgan fingerprint density at radius 1 is 1.32 bits per heavy atom. The van der Waals surface area contributed by atoms with Crippen LogP contribution in [0.25, 0.3) is 0 Å². The van der Waals surface area contributed by atoms with Gasteiger partial charge in [0.2, 0.25) is 11.2 Å². The molecule has 0 amide bonds. The quantitative estimate of drug-likeness (QED) is 0.777. The predicted octanol–water partition coefficient (Wildman–Crippen LogP) is 0.166. The molecule has 104 valence electrons. The third kappa shape index (κ3) is 3.92. The molecular formula is C12H14O7. The van der Waals surface area contributed by atoms with E-state index in [1.54, 1.807) is 0 Å². The van der Waals surface area contributed by atoms with Crippen molar-refractivity contribution in [2.75, 3.05) is 0 Å². The van der Waals surface area contributed by atoms with E-state index in [4.69, 9.17) is 14.3 Å². The topological polar surface area (TPSA) is 103 Å². The first-order valence-electron chi connectivity index (χ1n) is 5.51. The van der Waals surface area contributed by atoms with Gasteiger partial charge in [-0.25, -0.2) is 9.59 Å². The third-order valence-corrected chi connectivity index (χ3v) is 2.18. The van der Waals surface area contributed by atoms with Gasteiger partial charge in [-0.2, -0.15) is 0 Å². The van der Waals surface area contributed by atoms with Crippen molar-refractivity contribution in [3.8, 4) is 5.75 Å². The fraction of sp³-hybridized carbons (Fsp3) is 0.417. The van der Waals surface area contributed by atoms with Crippen LogP contribution in [0.3, 0.4) is 0 Å². The van der Waals surface area contributed by atoms with E-state index in [-0.39, 0.29) is 11.5 Å². The second-order valence-electron chi connectivity index (χ2n) is 3.85. The highest BCUT2D eigenvalue weighted by atomic mass is 16.6. The van der Waals surface area contributed by atoms with Crippen LogP contribution in [0.4, 0.5) is 0 Å². The van der Waals surface area contributed by atoms with Crippen LogP contribution in [0.5, 0.6) is 5.75 Å². The van der Waals surface area contributed by atoms with E-state index in [0.29, 0.717) is 0 Å². The molecular weight excluding hydrogens is 256 g/mol. The molecule has 1 heterocycles. The Labute approximate surface area is 108 Å². The Kier molecular flexibility index (Phi) is 4.82. The summed E-state index contributed by atoms with van der Waals surface area (Å²) in [6.07, 6.45) is -1.42. The maximum absolute atomic E-state index is 11.6. The Morgan fingerprint density at radius 3 is 2.47 bits per heavy atom. The molecule has 19 heavy (non-hydrogen) atoms. The second-order valence-corrected chi connectivity index (χ2v) is 3.85. The summed E-state index contributed by atoms with van der Waals surface area (Å²) in [4.78, 5) is 34.1. The highest BCUT2D eigenvalue weighted by Gasteiger charge is 2.24. The number of aliphatic hydroxyl groups is 1. The summed E-state index contributed by atoms with van der Waals surface area (Å²) in [6, 6.07) is 1.10. The van der Waals surface area contributed by atoms with E-state index in [1.807, 2.05) is 0 Å². The Morgan fingerprint density at radius 2 is 1.95 bits per heavy atom. The lowest BCUT2D eigenvalue weighted by Gasteiger charge is -2.13. The van der Waals surface area contributed by atoms with Gasteiger partial charge in [-0.15, -0.1) is 0 Å². The maximum atomic E-state index is 11.6. The average molecular weight is 270 g/mol. The molecule has 0 fully saturated rings. The average Bonchev–Trinajstić information content (AvgIpc) is 2.33. The summed E-state index contributed by atoms with van der Waals surface area (Å²) in [5.74, 6) is -2.01. The lowest BCUT2D eigenvalue weighted by atomic mass is 10.3. The van der Waals surface area contributed by atoms with Gasteiger partial charge < -0.3 is 19.0 Å². The van der Waals surface area contributed by atoms with Gasteiger partial charge >= 0.3 is 11.9 Å². The van der Waals surface area contributed by atoms with E-state index in [0.717, 1.165) is 6.07 Å². The molecule has 0 saturated heterocycles. The number of ether oxygens (including phenoxy) is 2. The first kappa shape index (κ1) is 14.9. The molecule has 2 atom stereocenters. The zero-order valence-electron chi connectivity index (χ0n) is 10.7. The van der Waals surface area contributed by atoms with E-state index >= 15 is 0 Å². The van der Waals surface area contributed by atoms with Crippen LogP contribution in [0, 0.1) is 6.92 Å². The number of carbonyl (C=O) groups is 2. The molecule has 0 aliphatic heterocycles. The molecule has 0 aliphatic rings. The minimum atomic E-state index is -1.35. The number of aliphatic hydroxyl groups excluding tert-OH is 1. The second kappa shape index (κ2) is 6.14. The van der Waals surface area contributed by atoms with Crippen molar-refractivity contribution in [2.24, 2.45) is 0 Å². The van der Waals surface area contributed by atoms with Crippen molar-refractivity contribution in [1.29, 1.82) is 0 Å². The van der Waals surface area contributed by atoms with E-state index in [2.05, 4.69) is 4.74 Å². The lowest BCUT2D eigenvalue weighted by molar-refractivity contribution is -0.166. The van der Waals surface area contributed by atoms with Crippen molar-refractivity contribution >= 4 is 11.9 Å². The van der Waals surface area contributed by atoms with Gasteiger partial charge in [0.1, 0.15) is 11.9 Å². The summed E-state index contributed by atoms with van der Waals surface area (Å²) in [5.41, 5.74) is -0.522. The fourth-order valence-electron chi connectivity index (χ4n) is 1.13. The number of carbonyl (C=O) groups excluding carboxylic acids is 2. The summed E-state index contributed by atoms with van der Waals surface area (Å²) in [5, 5.41) is 8.94. The van der Waals surface area contributed by atoms with Crippen LogP contribution in [0.1, 0.15) is 19.6 Å². The van der Waals surface area contributed by atoms with Gasteiger partial charge in [0, 0.05) is 6.07 Å². The van der Waals surface area contributed by atoms with Gasteiger partial charge in [0.25, 0.3) is 0 Å². The fourth-order valence-corrected chi connectivity index (χ4v) is 1.13. The van der Waals surface area contributed by atoms with E-state index in [9.17, 15) is 14.4 Å². The van der Waals surface area contributed by atoms with Crippen LogP contribution in [-0.2, 0) is 14.3 Å². The largest absolute Gasteiger partial charge is 0.465 e. The lowest BCUT2D eigenvalue weighted by Crippen LogP contribution is -2.33. The summed E-state index contributed by atoms with van der Waals surface area (Å²) in [6.45, 7) is 3.93. The molecule has 0 saturated carbocycles. The van der Waals surface area contributed by atoms with Crippen LogP contribution in [0.2, 0.25) is 0 Å². The smallest absolute Gasteiger partial charge is 0.352 e. The van der Waals surface area contributed by atoms with Gasteiger partial charge in [0.15, 0.2) is 6.10 Å². The molecule has 1 rings (SSSR count). The maximum Gasteiger partial charge on any atom is 0.352 e. The Hall–Kier alpha value is -2.15. The molecule has 1 aromatic rings. The van der Waals surface area contributed by atoms with Crippen molar-refractivity contribution in [3.05, 3.63) is 28.3 Å². The van der Waals surface area contributed by atoms with Crippen LogP contribution in [-0.4, -0.2) is 29.3 Å².